The van der Waals surface area contributed by atoms with E-state index in [-0.39, 0.29) is 128 Å². The molecule has 0 radical (unpaired) electrons. The number of nitrogens with zero attached hydrogens (tertiary/aromatic N) is 6. The van der Waals surface area contributed by atoms with Crippen LogP contribution in [0.4, 0.5) is 52.7 Å². The van der Waals surface area contributed by atoms with E-state index in [0.717, 1.165) is 26.2 Å². The lowest BCUT2D eigenvalue weighted by Crippen LogP contribution is -2.57. The summed E-state index contributed by atoms with van der Waals surface area (Å²) in [5.74, 6) is -1.68. The first-order valence-corrected chi connectivity index (χ1v) is 27.4. The van der Waals surface area contributed by atoms with Gasteiger partial charge in [-0.15, -0.1) is 49.6 Å². The summed E-state index contributed by atoms with van der Waals surface area (Å²) < 4.78 is 184. The Balaban J connectivity index is 0.00000165. The molecular weight excluding hydrogens is 1330 g/mol. The summed E-state index contributed by atoms with van der Waals surface area (Å²) in [7, 11) is 3.22. The smallest absolute Gasteiger partial charge is 0.416 e. The Hall–Kier alpha value is -4.70. The van der Waals surface area contributed by atoms with Crippen LogP contribution in [0.1, 0.15) is 65.2 Å². The normalized spacial score (nSPS) is 19.5. The van der Waals surface area contributed by atoms with Crippen LogP contribution in [0.3, 0.4) is 0 Å². The number of methoxy groups -OCH3 is 2. The predicted molar refractivity (Wildman–Crippen MR) is 324 cm³/mol. The number of carbonyl (C=O) groups is 2. The summed E-state index contributed by atoms with van der Waals surface area (Å²) in [6, 6.07) is 11.0. The zero-order valence-corrected chi connectivity index (χ0v) is 53.3. The highest BCUT2D eigenvalue weighted by Crippen LogP contribution is 2.39. The fourth-order valence-electron chi connectivity index (χ4n) is 10.8. The van der Waals surface area contributed by atoms with Gasteiger partial charge in [-0.05, 0) is 97.5 Å². The monoisotopic (exact) mass is 1400 g/mol. The Morgan fingerprint density at radius 2 is 0.758 bits per heavy atom. The van der Waals surface area contributed by atoms with Crippen LogP contribution in [0.15, 0.2) is 72.8 Å². The lowest BCUT2D eigenvalue weighted by Gasteiger charge is -2.43. The minimum atomic E-state index is -5.06. The summed E-state index contributed by atoms with van der Waals surface area (Å²) in [6.45, 7) is 13.0. The predicted octanol–water partition coefficient (Wildman–Crippen LogP) is 8.12. The van der Waals surface area contributed by atoms with Crippen molar-refractivity contribution in [2.75, 3.05) is 132 Å². The van der Waals surface area contributed by atoms with Gasteiger partial charge >= 0.3 is 24.7 Å². The first-order chi connectivity index (χ1) is 39.5. The number of phenols is 2. The number of morpholine rings is 2. The number of amides is 2. The van der Waals surface area contributed by atoms with E-state index in [2.05, 4.69) is 19.6 Å². The largest absolute Gasteiger partial charge is 0.508 e. The van der Waals surface area contributed by atoms with Crippen molar-refractivity contribution >= 4 is 61.4 Å². The van der Waals surface area contributed by atoms with Crippen LogP contribution in [0.5, 0.6) is 11.5 Å². The molecule has 4 aliphatic heterocycles. The summed E-state index contributed by atoms with van der Waals surface area (Å²) in [6.07, 6.45) is -19.8. The average molecular weight is 1410 g/mol. The van der Waals surface area contributed by atoms with Crippen molar-refractivity contribution in [1.29, 1.82) is 0 Å². The zero-order valence-electron chi connectivity index (χ0n) is 50.1. The van der Waals surface area contributed by atoms with Crippen LogP contribution in [0, 0.1) is 13.8 Å². The number of carbonyl (C=O) groups excluding carboxylic acids is 2. The summed E-state index contributed by atoms with van der Waals surface area (Å²) in [5.41, 5.74) is -4.77. The molecule has 17 nitrogen and oxygen atoms in total. The van der Waals surface area contributed by atoms with Crippen molar-refractivity contribution in [3.63, 3.8) is 0 Å². The Morgan fingerprint density at radius 1 is 0.462 bits per heavy atom. The van der Waals surface area contributed by atoms with Gasteiger partial charge in [0, 0.05) is 129 Å². The van der Waals surface area contributed by atoms with Crippen molar-refractivity contribution in [3.8, 4) is 11.5 Å². The molecule has 4 aliphatic rings. The van der Waals surface area contributed by atoms with Gasteiger partial charge in [-0.3, -0.25) is 29.2 Å². The summed E-state index contributed by atoms with van der Waals surface area (Å²) >= 11 is 0. The van der Waals surface area contributed by atoms with Crippen LogP contribution < -0.4 is 0 Å². The molecule has 0 bridgehead atoms. The number of hydrogen-bond acceptors (Lipinski definition) is 12. The van der Waals surface area contributed by atoms with Crippen molar-refractivity contribution in [2.45, 2.75) is 75.7 Å². The minimum Gasteiger partial charge on any atom is -0.508 e. The Labute approximate surface area is 544 Å². The highest BCUT2D eigenvalue weighted by molar-refractivity contribution is 5.96. The molecule has 4 aromatic rings. The summed E-state index contributed by atoms with van der Waals surface area (Å²) in [5, 5.41) is 20.4. The number of phenolic OH excluding ortho intramolecular Hbond substituents is 2. The third-order valence-corrected chi connectivity index (χ3v) is 15.4. The second kappa shape index (κ2) is 37.4. The Bertz CT molecular complexity index is 2630. The maximum absolute atomic E-state index is 13.6. The number of ether oxygens (including phenoxy) is 4. The van der Waals surface area contributed by atoms with E-state index < -0.39 is 82.0 Å². The molecule has 0 saturated carbocycles. The van der Waals surface area contributed by atoms with Gasteiger partial charge in [0.05, 0.1) is 60.9 Å². The van der Waals surface area contributed by atoms with Crippen LogP contribution in [-0.4, -0.2) is 224 Å². The van der Waals surface area contributed by atoms with E-state index in [1.54, 1.807) is 64.5 Å². The van der Waals surface area contributed by atoms with Crippen LogP contribution in [0.25, 0.3) is 0 Å². The van der Waals surface area contributed by atoms with E-state index in [9.17, 15) is 72.5 Å². The van der Waals surface area contributed by atoms with E-state index in [1.807, 2.05) is 0 Å². The fourth-order valence-corrected chi connectivity index (χ4v) is 10.8. The molecule has 33 heteroatoms. The first-order valence-electron chi connectivity index (χ1n) is 27.4. The number of halogens is 16. The highest BCUT2D eigenvalue weighted by atomic mass is 35.5. The third kappa shape index (κ3) is 24.5. The quantitative estimate of drug-likeness (QED) is 0.101. The second-order valence-corrected chi connectivity index (χ2v) is 21.6. The molecule has 4 atom stereocenters. The number of piperazine rings is 2. The lowest BCUT2D eigenvalue weighted by atomic mass is 9.98. The Kier molecular flexibility index (Phi) is 35.5. The molecule has 4 heterocycles. The topological polar surface area (TPSA) is 225 Å². The molecular formula is C58H80Cl4F12N6O11. The molecule has 0 aliphatic carbocycles. The maximum Gasteiger partial charge on any atom is 0.416 e. The van der Waals surface area contributed by atoms with Crippen molar-refractivity contribution < 1.29 is 108 Å². The summed E-state index contributed by atoms with van der Waals surface area (Å²) in [4.78, 5) is 38.6. The van der Waals surface area contributed by atoms with E-state index >= 15 is 0 Å². The number of benzene rings is 4. The van der Waals surface area contributed by atoms with E-state index in [1.165, 1.54) is 9.80 Å². The Morgan fingerprint density at radius 3 is 1.03 bits per heavy atom. The van der Waals surface area contributed by atoms with Crippen LogP contribution >= 0.6 is 49.6 Å². The van der Waals surface area contributed by atoms with Crippen molar-refractivity contribution in [2.24, 2.45) is 0 Å². The number of aromatic hydroxyl groups is 2. The second-order valence-electron chi connectivity index (χ2n) is 21.6. The van der Waals surface area contributed by atoms with Crippen molar-refractivity contribution in [1.82, 2.24) is 29.4 Å². The minimum absolute atomic E-state index is 0. The molecule has 4 fully saturated rings. The lowest BCUT2D eigenvalue weighted by molar-refractivity contribution is -0.144. The molecule has 91 heavy (non-hydrogen) atoms. The van der Waals surface area contributed by atoms with Gasteiger partial charge in [-0.2, -0.15) is 52.7 Å². The number of rotatable bonds is 16. The van der Waals surface area contributed by atoms with Gasteiger partial charge < -0.3 is 55.4 Å². The number of aryl methyl sites for hydroxylation is 2. The van der Waals surface area contributed by atoms with Gasteiger partial charge in [0.1, 0.15) is 11.5 Å². The van der Waals surface area contributed by atoms with Gasteiger partial charge in [0.15, 0.2) is 0 Å². The molecule has 0 unspecified atom stereocenters. The highest BCUT2D eigenvalue weighted by Gasteiger charge is 2.42. The number of hydrogen-bond donors (Lipinski definition) is 2. The molecule has 0 spiro atoms. The molecule has 520 valence electrons. The van der Waals surface area contributed by atoms with Gasteiger partial charge in [-0.1, -0.05) is 24.3 Å². The molecule has 4 aromatic carbocycles. The standard InChI is InChI=1S/2C29H35F6N3O4.4ClH.3H2O/c2*1-19-3-4-20(12-26(19)39)11-24-16-36(5-6-37-9-10-42-25(17-37)18-41-2)7-8-38(24)27(40)21-13-22(28(30,31)32)15-23(14-21)29(33,34)35;;;;;;;/h2*3-4,12-15,24-25,39H,5-11,16-18H2,1-2H3;4*1H;3*1H2/t2*24-,25+;;;;;;;/m11......./s1. The first kappa shape index (κ1) is 86.3. The maximum atomic E-state index is 13.6. The van der Waals surface area contributed by atoms with Gasteiger partial charge in [0.25, 0.3) is 11.8 Å². The van der Waals surface area contributed by atoms with Crippen LogP contribution in [-0.2, 0) is 56.5 Å². The van der Waals surface area contributed by atoms with E-state index in [0.29, 0.717) is 125 Å². The molecule has 8 N–H and O–H groups in total. The van der Waals surface area contributed by atoms with Gasteiger partial charge in [0.2, 0.25) is 0 Å². The fraction of sp³-hybridized carbons (Fsp3) is 0.552. The molecule has 8 rings (SSSR count). The van der Waals surface area contributed by atoms with Crippen molar-refractivity contribution in [3.05, 3.63) is 128 Å². The SMILES string of the molecule is COC[C@@H]1CN(CCN2CCN(C(=O)c3cc(C(F)(F)F)cc(C(F)(F)F)c3)[C@H](Cc3ccc(C)c(O)c3)C2)CCO1.COC[C@@H]1CN(CCN2CCN(C(=O)c3cc(C(F)(F)F)cc(C(F)(F)F)c3)[C@H](Cc3ccc(C)c(O)c3)C2)CCO1.Cl.Cl.Cl.Cl.O.O.O. The van der Waals surface area contributed by atoms with E-state index in [4.69, 9.17) is 18.9 Å². The molecule has 2 amide bonds. The molecule has 0 aromatic heterocycles. The third-order valence-electron chi connectivity index (χ3n) is 15.4. The zero-order chi connectivity index (χ0) is 61.3. The number of alkyl halides is 12. The van der Waals surface area contributed by atoms with Crippen LogP contribution in [0.2, 0.25) is 0 Å². The average Bonchev–Trinajstić information content (AvgIpc) is 1.37. The molecule has 4 saturated heterocycles. The van der Waals surface area contributed by atoms with Gasteiger partial charge in [-0.25, -0.2) is 0 Å².